The minimum atomic E-state index is -3.52. The van der Waals surface area contributed by atoms with Gasteiger partial charge in [-0.05, 0) is 23.8 Å². The third-order valence-electron chi connectivity index (χ3n) is 4.02. The Labute approximate surface area is 139 Å². The molecule has 124 valence electrons. The van der Waals surface area contributed by atoms with Crippen molar-refractivity contribution in [1.82, 2.24) is 9.88 Å². The van der Waals surface area contributed by atoms with E-state index in [2.05, 4.69) is 9.88 Å². The number of fused-ring (bicyclic) bond motifs is 2. The van der Waals surface area contributed by atoms with Gasteiger partial charge >= 0.3 is 0 Å². The van der Waals surface area contributed by atoms with Crippen LogP contribution in [0.2, 0.25) is 0 Å². The summed E-state index contributed by atoms with van der Waals surface area (Å²) in [4.78, 5) is 0. The third-order valence-corrected chi connectivity index (χ3v) is 5.28. The molecule has 0 amide bonds. The lowest BCUT2D eigenvalue weighted by atomic mass is 10.1. The number of benzene rings is 2. The van der Waals surface area contributed by atoms with Crippen molar-refractivity contribution in [3.63, 3.8) is 0 Å². The Kier molecular flexibility index (Phi) is 3.74. The van der Waals surface area contributed by atoms with Gasteiger partial charge in [0, 0.05) is 18.4 Å². The minimum Gasteiger partial charge on any atom is -0.488 e. The van der Waals surface area contributed by atoms with Gasteiger partial charge < -0.3 is 9.26 Å². The van der Waals surface area contributed by atoms with Crippen LogP contribution in [-0.2, 0) is 22.2 Å². The van der Waals surface area contributed by atoms with Crippen molar-refractivity contribution in [2.24, 2.45) is 0 Å². The summed E-state index contributed by atoms with van der Waals surface area (Å²) in [5, 5.41) is 4.58. The summed E-state index contributed by atoms with van der Waals surface area (Å²) in [6, 6.07) is 14.9. The fourth-order valence-corrected chi connectivity index (χ4v) is 3.97. The first-order chi connectivity index (χ1) is 11.6. The molecule has 0 fully saturated rings. The molecular formula is C17H16N2O4S. The van der Waals surface area contributed by atoms with Crippen LogP contribution in [-0.4, -0.2) is 26.2 Å². The predicted octanol–water partition coefficient (Wildman–Crippen LogP) is 2.25. The molecule has 1 aromatic heterocycles. The number of sulfonamides is 1. The first kappa shape index (κ1) is 15.2. The van der Waals surface area contributed by atoms with Crippen LogP contribution in [0.25, 0.3) is 11.0 Å². The van der Waals surface area contributed by atoms with E-state index < -0.39 is 10.0 Å². The number of nitrogens with one attached hydrogen (secondary N) is 1. The Morgan fingerprint density at radius 2 is 1.92 bits per heavy atom. The lowest BCUT2D eigenvalue weighted by Gasteiger charge is -2.11. The Morgan fingerprint density at radius 3 is 2.79 bits per heavy atom. The third kappa shape index (κ3) is 3.00. The highest BCUT2D eigenvalue weighted by atomic mass is 32.2. The molecule has 1 N–H and O–H groups in total. The van der Waals surface area contributed by atoms with Crippen LogP contribution in [0.1, 0.15) is 11.3 Å². The molecule has 7 heteroatoms. The second kappa shape index (κ2) is 5.92. The Morgan fingerprint density at radius 1 is 1.12 bits per heavy atom. The van der Waals surface area contributed by atoms with Gasteiger partial charge in [-0.3, -0.25) is 0 Å². The standard InChI is InChI=1S/C17H16N2O4S/c20-24(21,11-15-14-6-2-4-8-17(14)23-19-15)18-10-13-9-12-5-1-3-7-16(12)22-13/h1-8,13,18H,9-11H2/t13-/m0/s1. The van der Waals surface area contributed by atoms with E-state index in [0.717, 1.165) is 11.3 Å². The lowest BCUT2D eigenvalue weighted by molar-refractivity contribution is 0.236. The molecule has 1 aliphatic rings. The summed E-state index contributed by atoms with van der Waals surface area (Å²) >= 11 is 0. The summed E-state index contributed by atoms with van der Waals surface area (Å²) in [5.41, 5.74) is 2.09. The molecule has 6 nitrogen and oxygen atoms in total. The average Bonchev–Trinajstić information content (AvgIpc) is 3.17. The zero-order valence-corrected chi connectivity index (χ0v) is 13.6. The van der Waals surface area contributed by atoms with Gasteiger partial charge in [0.05, 0.1) is 0 Å². The molecule has 0 unspecified atom stereocenters. The molecule has 0 spiro atoms. The van der Waals surface area contributed by atoms with Gasteiger partial charge in [-0.15, -0.1) is 0 Å². The number of rotatable bonds is 5. The zero-order chi connectivity index (χ0) is 16.6. The quantitative estimate of drug-likeness (QED) is 0.768. The fourth-order valence-electron chi connectivity index (χ4n) is 2.86. The van der Waals surface area contributed by atoms with Crippen molar-refractivity contribution >= 4 is 21.0 Å². The van der Waals surface area contributed by atoms with Gasteiger partial charge in [0.1, 0.15) is 23.3 Å². The smallest absolute Gasteiger partial charge is 0.217 e. The van der Waals surface area contributed by atoms with Crippen LogP contribution in [0.5, 0.6) is 5.75 Å². The van der Waals surface area contributed by atoms with Crippen LogP contribution in [0.3, 0.4) is 0 Å². The number of ether oxygens (including phenoxy) is 1. The Balaban J connectivity index is 1.41. The fraction of sp³-hybridized carbons (Fsp3) is 0.235. The van der Waals surface area contributed by atoms with E-state index in [0.29, 0.717) is 23.1 Å². The molecule has 0 saturated heterocycles. The normalized spacial score (nSPS) is 16.9. The highest BCUT2D eigenvalue weighted by Crippen LogP contribution is 2.28. The number of hydrogen-bond donors (Lipinski definition) is 1. The first-order valence-electron chi connectivity index (χ1n) is 7.66. The maximum atomic E-state index is 12.3. The van der Waals surface area contributed by atoms with Crippen LogP contribution < -0.4 is 9.46 Å². The summed E-state index contributed by atoms with van der Waals surface area (Å²) in [6.45, 7) is 0.229. The van der Waals surface area contributed by atoms with Crippen LogP contribution in [0.15, 0.2) is 53.1 Å². The minimum absolute atomic E-state index is 0.189. The van der Waals surface area contributed by atoms with Crippen molar-refractivity contribution in [3.05, 3.63) is 59.8 Å². The second-order valence-electron chi connectivity index (χ2n) is 5.78. The monoisotopic (exact) mass is 344 g/mol. The van der Waals surface area contributed by atoms with Gasteiger partial charge in [0.25, 0.3) is 0 Å². The summed E-state index contributed by atoms with van der Waals surface area (Å²) in [7, 11) is -3.52. The SMILES string of the molecule is O=S(=O)(Cc1noc2ccccc12)NC[C@@H]1Cc2ccccc2O1. The zero-order valence-electron chi connectivity index (χ0n) is 12.8. The van der Waals surface area contributed by atoms with Gasteiger partial charge in [0.15, 0.2) is 5.58 Å². The second-order valence-corrected chi connectivity index (χ2v) is 7.59. The molecular weight excluding hydrogens is 328 g/mol. The van der Waals surface area contributed by atoms with Gasteiger partial charge in [-0.25, -0.2) is 13.1 Å². The molecule has 0 bridgehead atoms. The van der Waals surface area contributed by atoms with E-state index >= 15 is 0 Å². The maximum Gasteiger partial charge on any atom is 0.217 e. The van der Waals surface area contributed by atoms with Crippen LogP contribution in [0.4, 0.5) is 0 Å². The highest BCUT2D eigenvalue weighted by molar-refractivity contribution is 7.88. The molecule has 0 saturated carbocycles. The van der Waals surface area contributed by atoms with Crippen molar-refractivity contribution in [1.29, 1.82) is 0 Å². The van der Waals surface area contributed by atoms with Crippen LogP contribution in [0, 0.1) is 0 Å². The molecule has 24 heavy (non-hydrogen) atoms. The van der Waals surface area contributed by atoms with E-state index in [-0.39, 0.29) is 18.4 Å². The number of hydrogen-bond acceptors (Lipinski definition) is 5. The molecule has 2 aromatic carbocycles. The highest BCUT2D eigenvalue weighted by Gasteiger charge is 2.25. The van der Waals surface area contributed by atoms with Gasteiger partial charge in [0.2, 0.25) is 10.0 Å². The molecule has 2 heterocycles. The average molecular weight is 344 g/mol. The summed E-state index contributed by atoms with van der Waals surface area (Å²) in [6.07, 6.45) is 0.511. The van der Waals surface area contributed by atoms with Crippen LogP contribution >= 0.6 is 0 Å². The maximum absolute atomic E-state index is 12.3. The molecule has 1 atom stereocenters. The molecule has 0 aliphatic carbocycles. The molecule has 0 radical (unpaired) electrons. The van der Waals surface area contributed by atoms with E-state index in [1.807, 2.05) is 36.4 Å². The Bertz CT molecular complexity index is 956. The van der Waals surface area contributed by atoms with Crippen molar-refractivity contribution < 1.29 is 17.7 Å². The van der Waals surface area contributed by atoms with E-state index in [1.165, 1.54) is 0 Å². The summed E-state index contributed by atoms with van der Waals surface area (Å²) in [5.74, 6) is 0.605. The largest absolute Gasteiger partial charge is 0.488 e. The topological polar surface area (TPSA) is 81.4 Å². The van der Waals surface area contributed by atoms with E-state index in [9.17, 15) is 8.42 Å². The molecule has 1 aliphatic heterocycles. The van der Waals surface area contributed by atoms with E-state index in [4.69, 9.17) is 9.26 Å². The van der Waals surface area contributed by atoms with Gasteiger partial charge in [-0.2, -0.15) is 0 Å². The van der Waals surface area contributed by atoms with Gasteiger partial charge in [-0.1, -0.05) is 35.5 Å². The number of nitrogens with zero attached hydrogens (tertiary/aromatic N) is 1. The number of para-hydroxylation sites is 2. The first-order valence-corrected chi connectivity index (χ1v) is 9.31. The molecule has 4 rings (SSSR count). The predicted molar refractivity (Wildman–Crippen MR) is 89.2 cm³/mol. The van der Waals surface area contributed by atoms with Crippen molar-refractivity contribution in [3.8, 4) is 5.75 Å². The molecule has 3 aromatic rings. The number of aromatic nitrogens is 1. The van der Waals surface area contributed by atoms with Crippen molar-refractivity contribution in [2.75, 3.05) is 6.54 Å². The Hall–Kier alpha value is -2.38. The lowest BCUT2D eigenvalue weighted by Crippen LogP contribution is -2.35. The van der Waals surface area contributed by atoms with E-state index in [1.54, 1.807) is 12.1 Å². The van der Waals surface area contributed by atoms with Crippen molar-refractivity contribution in [2.45, 2.75) is 18.3 Å². The summed E-state index contributed by atoms with van der Waals surface area (Å²) < 4.78 is 38.1.